The molecule has 0 radical (unpaired) electrons. The van der Waals surface area contributed by atoms with E-state index in [0.29, 0.717) is 11.3 Å². The predicted octanol–water partition coefficient (Wildman–Crippen LogP) is 3.49. The van der Waals surface area contributed by atoms with Crippen LogP contribution in [-0.2, 0) is 4.79 Å². The molecular weight excluding hydrogens is 238 g/mol. The number of nitrogens with one attached hydrogen (secondary N) is 1. The maximum Gasteiger partial charge on any atom is 0.247 e. The van der Waals surface area contributed by atoms with E-state index in [9.17, 15) is 9.90 Å². The first kappa shape index (κ1) is 12.9. The maximum absolute atomic E-state index is 11.5. The molecule has 2 aromatic rings. The number of anilines is 1. The fourth-order valence-corrected chi connectivity index (χ4v) is 1.88. The Bertz CT molecular complexity index is 632. The lowest BCUT2D eigenvalue weighted by atomic mass is 10.0. The third-order valence-corrected chi connectivity index (χ3v) is 2.81. The van der Waals surface area contributed by atoms with Gasteiger partial charge in [-0.2, -0.15) is 0 Å². The van der Waals surface area contributed by atoms with Crippen LogP contribution < -0.4 is 5.32 Å². The van der Waals surface area contributed by atoms with E-state index in [1.165, 1.54) is 6.08 Å². The summed E-state index contributed by atoms with van der Waals surface area (Å²) in [5.74, 6) is -0.0947. The molecule has 3 nitrogen and oxygen atoms in total. The number of amides is 1. The number of benzene rings is 2. The SMILES string of the molecule is C=CC(=O)Nc1cc(C)ccc1-c1ccccc1O. The Hall–Kier alpha value is -2.55. The van der Waals surface area contributed by atoms with Crippen molar-refractivity contribution in [1.82, 2.24) is 0 Å². The standard InChI is InChI=1S/C16H15NO2/c1-3-16(19)17-14-10-11(2)8-9-12(14)13-6-4-5-7-15(13)18/h3-10,18H,1H2,2H3,(H,17,19). The summed E-state index contributed by atoms with van der Waals surface area (Å²) in [7, 11) is 0. The summed E-state index contributed by atoms with van der Waals surface area (Å²) in [6, 6.07) is 12.7. The van der Waals surface area contributed by atoms with Crippen LogP contribution in [0.4, 0.5) is 5.69 Å². The molecule has 0 aliphatic rings. The zero-order valence-electron chi connectivity index (χ0n) is 10.7. The second kappa shape index (κ2) is 5.40. The first-order chi connectivity index (χ1) is 9.11. The molecule has 0 fully saturated rings. The van der Waals surface area contributed by atoms with Gasteiger partial charge in [0, 0.05) is 16.8 Å². The van der Waals surface area contributed by atoms with Crippen LogP contribution in [0.15, 0.2) is 55.1 Å². The van der Waals surface area contributed by atoms with Gasteiger partial charge in [-0.25, -0.2) is 0 Å². The molecule has 0 saturated heterocycles. The van der Waals surface area contributed by atoms with Crippen molar-refractivity contribution in [1.29, 1.82) is 0 Å². The lowest BCUT2D eigenvalue weighted by molar-refractivity contribution is -0.111. The average molecular weight is 253 g/mol. The third-order valence-electron chi connectivity index (χ3n) is 2.81. The molecule has 0 unspecified atom stereocenters. The summed E-state index contributed by atoms with van der Waals surface area (Å²) < 4.78 is 0. The number of para-hydroxylation sites is 1. The number of phenolic OH excluding ortho intramolecular Hbond substituents is 1. The zero-order valence-corrected chi connectivity index (χ0v) is 10.7. The predicted molar refractivity (Wildman–Crippen MR) is 77.1 cm³/mol. The van der Waals surface area contributed by atoms with Gasteiger partial charge in [-0.15, -0.1) is 0 Å². The Morgan fingerprint density at radius 1 is 1.21 bits per heavy atom. The minimum atomic E-state index is -0.276. The normalized spacial score (nSPS) is 9.95. The number of rotatable bonds is 3. The summed E-state index contributed by atoms with van der Waals surface area (Å²) in [5, 5.41) is 12.7. The van der Waals surface area contributed by atoms with E-state index < -0.39 is 0 Å². The van der Waals surface area contributed by atoms with Crippen LogP contribution in [0.5, 0.6) is 5.75 Å². The molecule has 2 N–H and O–H groups in total. The lowest BCUT2D eigenvalue weighted by Crippen LogP contribution is -2.08. The third kappa shape index (κ3) is 2.83. The number of phenols is 1. The molecule has 19 heavy (non-hydrogen) atoms. The smallest absolute Gasteiger partial charge is 0.247 e. The van der Waals surface area contributed by atoms with Crippen LogP contribution in [0.25, 0.3) is 11.1 Å². The van der Waals surface area contributed by atoms with Crippen LogP contribution in [0.3, 0.4) is 0 Å². The Kier molecular flexibility index (Phi) is 3.66. The summed E-state index contributed by atoms with van der Waals surface area (Å²) >= 11 is 0. The highest BCUT2D eigenvalue weighted by Crippen LogP contribution is 2.34. The number of hydrogen-bond acceptors (Lipinski definition) is 2. The molecule has 0 aromatic heterocycles. The van der Waals surface area contributed by atoms with Gasteiger partial charge in [-0.3, -0.25) is 4.79 Å². The molecular formula is C16H15NO2. The molecule has 96 valence electrons. The van der Waals surface area contributed by atoms with Crippen LogP contribution in [0.1, 0.15) is 5.56 Å². The van der Waals surface area contributed by atoms with Crippen LogP contribution in [0, 0.1) is 6.92 Å². The van der Waals surface area contributed by atoms with Crippen molar-refractivity contribution in [2.75, 3.05) is 5.32 Å². The largest absolute Gasteiger partial charge is 0.507 e. The minimum Gasteiger partial charge on any atom is -0.507 e. The first-order valence-electron chi connectivity index (χ1n) is 5.94. The quantitative estimate of drug-likeness (QED) is 0.822. The molecule has 0 saturated carbocycles. The second-order valence-corrected chi connectivity index (χ2v) is 4.26. The second-order valence-electron chi connectivity index (χ2n) is 4.26. The van der Waals surface area contributed by atoms with Crippen molar-refractivity contribution < 1.29 is 9.90 Å². The molecule has 1 amide bonds. The molecule has 0 spiro atoms. The molecule has 3 heteroatoms. The van der Waals surface area contributed by atoms with Gasteiger partial charge in [0.1, 0.15) is 5.75 Å². The molecule has 0 aliphatic heterocycles. The van der Waals surface area contributed by atoms with Crippen molar-refractivity contribution >= 4 is 11.6 Å². The van der Waals surface area contributed by atoms with E-state index in [4.69, 9.17) is 0 Å². The Morgan fingerprint density at radius 3 is 2.63 bits per heavy atom. The van der Waals surface area contributed by atoms with Crippen LogP contribution in [-0.4, -0.2) is 11.0 Å². The number of carbonyl (C=O) groups is 1. The number of hydrogen-bond donors (Lipinski definition) is 2. The number of aryl methyl sites for hydroxylation is 1. The van der Waals surface area contributed by atoms with Crippen molar-refractivity contribution in [2.24, 2.45) is 0 Å². The minimum absolute atomic E-state index is 0.181. The van der Waals surface area contributed by atoms with Gasteiger partial charge in [0.05, 0.1) is 0 Å². The van der Waals surface area contributed by atoms with E-state index in [1.54, 1.807) is 12.1 Å². The average Bonchev–Trinajstić information content (AvgIpc) is 2.40. The van der Waals surface area contributed by atoms with Gasteiger partial charge in [0.2, 0.25) is 5.91 Å². The molecule has 0 atom stereocenters. The highest BCUT2D eigenvalue weighted by molar-refractivity contribution is 6.02. The molecule has 2 rings (SSSR count). The van der Waals surface area contributed by atoms with Crippen LogP contribution in [0.2, 0.25) is 0 Å². The Morgan fingerprint density at radius 2 is 1.95 bits per heavy atom. The maximum atomic E-state index is 11.5. The zero-order chi connectivity index (χ0) is 13.8. The molecule has 0 bridgehead atoms. The van der Waals surface area contributed by atoms with Gasteiger partial charge in [-0.05, 0) is 30.7 Å². The first-order valence-corrected chi connectivity index (χ1v) is 5.94. The van der Waals surface area contributed by atoms with Crippen molar-refractivity contribution in [2.45, 2.75) is 6.92 Å². The lowest BCUT2D eigenvalue weighted by Gasteiger charge is -2.12. The van der Waals surface area contributed by atoms with Gasteiger partial charge < -0.3 is 10.4 Å². The van der Waals surface area contributed by atoms with E-state index in [-0.39, 0.29) is 11.7 Å². The summed E-state index contributed by atoms with van der Waals surface area (Å²) in [5.41, 5.74) is 3.14. The van der Waals surface area contributed by atoms with Gasteiger partial charge in [0.15, 0.2) is 0 Å². The van der Waals surface area contributed by atoms with Gasteiger partial charge in [-0.1, -0.05) is 36.9 Å². The van der Waals surface area contributed by atoms with Crippen molar-refractivity contribution in [3.05, 3.63) is 60.7 Å². The number of carbonyl (C=O) groups excluding carboxylic acids is 1. The summed E-state index contributed by atoms with van der Waals surface area (Å²) in [6.45, 7) is 5.38. The molecule has 0 aliphatic carbocycles. The topological polar surface area (TPSA) is 49.3 Å². The molecule has 2 aromatic carbocycles. The van der Waals surface area contributed by atoms with Crippen molar-refractivity contribution in [3.63, 3.8) is 0 Å². The Labute approximate surface area is 112 Å². The van der Waals surface area contributed by atoms with Gasteiger partial charge in [0.25, 0.3) is 0 Å². The fourth-order valence-electron chi connectivity index (χ4n) is 1.88. The highest BCUT2D eigenvalue weighted by atomic mass is 16.3. The van der Waals surface area contributed by atoms with E-state index in [2.05, 4.69) is 11.9 Å². The van der Waals surface area contributed by atoms with E-state index in [1.807, 2.05) is 37.3 Å². The highest BCUT2D eigenvalue weighted by Gasteiger charge is 2.10. The molecule has 0 heterocycles. The summed E-state index contributed by atoms with van der Waals surface area (Å²) in [4.78, 5) is 11.5. The van der Waals surface area contributed by atoms with E-state index >= 15 is 0 Å². The Balaban J connectivity index is 2.54. The number of aromatic hydroxyl groups is 1. The van der Waals surface area contributed by atoms with Crippen LogP contribution >= 0.6 is 0 Å². The van der Waals surface area contributed by atoms with Crippen molar-refractivity contribution in [3.8, 4) is 16.9 Å². The van der Waals surface area contributed by atoms with Gasteiger partial charge >= 0.3 is 0 Å². The monoisotopic (exact) mass is 253 g/mol. The summed E-state index contributed by atoms with van der Waals surface area (Å²) in [6.07, 6.45) is 1.22. The van der Waals surface area contributed by atoms with E-state index in [0.717, 1.165) is 11.1 Å². The fraction of sp³-hybridized carbons (Fsp3) is 0.0625.